The van der Waals surface area contributed by atoms with Gasteiger partial charge in [-0.1, -0.05) is 5.16 Å². The lowest BCUT2D eigenvalue weighted by Crippen LogP contribution is -1.87. The van der Waals surface area contributed by atoms with Crippen molar-refractivity contribution in [3.63, 3.8) is 0 Å². The predicted octanol–water partition coefficient (Wildman–Crippen LogP) is 0.439. The van der Waals surface area contributed by atoms with Crippen molar-refractivity contribution in [2.45, 2.75) is 6.92 Å². The molecule has 7 heavy (non-hydrogen) atoms. The highest BCUT2D eigenvalue weighted by Crippen LogP contribution is 1.72. The van der Waals surface area contributed by atoms with Crippen LogP contribution in [0.25, 0.3) is 0 Å². The first-order chi connectivity index (χ1) is 3.41. The van der Waals surface area contributed by atoms with E-state index in [0.29, 0.717) is 0 Å². The van der Waals surface area contributed by atoms with Gasteiger partial charge in [-0.3, -0.25) is 0 Å². The van der Waals surface area contributed by atoms with Crippen LogP contribution >= 0.6 is 0 Å². The maximum Gasteiger partial charge on any atom is 0.126 e. The lowest BCUT2D eigenvalue weighted by Gasteiger charge is -1.80. The first-order valence-electron chi connectivity index (χ1n) is 1.92. The van der Waals surface area contributed by atoms with E-state index in [-0.39, 0.29) is 0 Å². The number of nitrogens with zero attached hydrogens (tertiary/aromatic N) is 1. The van der Waals surface area contributed by atoms with Crippen LogP contribution in [-0.4, -0.2) is 6.34 Å². The fourth-order valence-electron chi connectivity index (χ4n) is 0.131. The van der Waals surface area contributed by atoms with Crippen molar-refractivity contribution >= 4 is 6.34 Å². The van der Waals surface area contributed by atoms with Crippen LogP contribution in [0.4, 0.5) is 0 Å². The second-order valence-electron chi connectivity index (χ2n) is 0.829. The third-order valence-corrected chi connectivity index (χ3v) is 0.319. The molecule has 40 valence electrons. The molecule has 2 N–H and O–H groups in total. The van der Waals surface area contributed by atoms with Crippen molar-refractivity contribution in [1.29, 1.82) is 0 Å². The molecule has 0 aromatic rings. The SMILES string of the molecule is C/C=C\O/N=C\N. The van der Waals surface area contributed by atoms with Gasteiger partial charge in [-0.2, -0.15) is 0 Å². The van der Waals surface area contributed by atoms with Crippen molar-refractivity contribution in [1.82, 2.24) is 0 Å². The van der Waals surface area contributed by atoms with Crippen LogP contribution < -0.4 is 5.73 Å². The van der Waals surface area contributed by atoms with Gasteiger partial charge in [-0.05, 0) is 13.0 Å². The quantitative estimate of drug-likeness (QED) is 0.237. The summed E-state index contributed by atoms with van der Waals surface area (Å²) in [5, 5.41) is 3.23. The van der Waals surface area contributed by atoms with Gasteiger partial charge >= 0.3 is 0 Å². The second-order valence-corrected chi connectivity index (χ2v) is 0.829. The van der Waals surface area contributed by atoms with Crippen molar-refractivity contribution in [3.05, 3.63) is 12.3 Å². The van der Waals surface area contributed by atoms with Crippen molar-refractivity contribution in [2.24, 2.45) is 10.9 Å². The molecule has 0 fully saturated rings. The van der Waals surface area contributed by atoms with Crippen LogP contribution in [0.2, 0.25) is 0 Å². The third kappa shape index (κ3) is 5.01. The largest absolute Gasteiger partial charge is 0.387 e. The van der Waals surface area contributed by atoms with Crippen molar-refractivity contribution in [2.75, 3.05) is 0 Å². The van der Waals surface area contributed by atoms with Gasteiger partial charge in [0.25, 0.3) is 0 Å². The van der Waals surface area contributed by atoms with E-state index < -0.39 is 0 Å². The van der Waals surface area contributed by atoms with Crippen LogP contribution in [0.5, 0.6) is 0 Å². The molecule has 0 aliphatic heterocycles. The molecule has 0 aliphatic rings. The van der Waals surface area contributed by atoms with Gasteiger partial charge in [0.1, 0.15) is 12.6 Å². The molecule has 0 spiro atoms. The Morgan fingerprint density at radius 1 is 1.71 bits per heavy atom. The average Bonchev–Trinajstić information content (AvgIpc) is 1.69. The standard InChI is InChI=1S/C4H8N2O/c1-2-3-7-6-4-5/h2-4H,1H3,(H2,5,6)/b3-2-. The average molecular weight is 100 g/mol. The Labute approximate surface area is 42.4 Å². The van der Waals surface area contributed by atoms with Gasteiger partial charge < -0.3 is 10.6 Å². The van der Waals surface area contributed by atoms with E-state index >= 15 is 0 Å². The number of nitrogens with two attached hydrogens (primary N) is 1. The molecule has 0 heterocycles. The van der Waals surface area contributed by atoms with Crippen molar-refractivity contribution in [3.8, 4) is 0 Å². The molecule has 0 aromatic carbocycles. The molecule has 0 rings (SSSR count). The summed E-state index contributed by atoms with van der Waals surface area (Å²) in [5.74, 6) is 0. The first-order valence-corrected chi connectivity index (χ1v) is 1.92. The van der Waals surface area contributed by atoms with E-state index in [9.17, 15) is 0 Å². The van der Waals surface area contributed by atoms with Crippen LogP contribution in [0.3, 0.4) is 0 Å². The Balaban J connectivity index is 2.98. The summed E-state index contributed by atoms with van der Waals surface area (Å²) >= 11 is 0. The molecule has 0 unspecified atom stereocenters. The smallest absolute Gasteiger partial charge is 0.126 e. The van der Waals surface area contributed by atoms with Crippen molar-refractivity contribution < 1.29 is 4.84 Å². The first kappa shape index (κ1) is 6.01. The highest BCUT2D eigenvalue weighted by Gasteiger charge is 1.58. The minimum absolute atomic E-state index is 1.08. The number of hydrogen-bond donors (Lipinski definition) is 1. The normalized spacial score (nSPS) is 11.0. The van der Waals surface area contributed by atoms with Gasteiger partial charge in [-0.25, -0.2) is 0 Å². The summed E-state index contributed by atoms with van der Waals surface area (Å²) in [7, 11) is 0. The zero-order valence-corrected chi connectivity index (χ0v) is 4.16. The lowest BCUT2D eigenvalue weighted by atomic mass is 10.7. The summed E-state index contributed by atoms with van der Waals surface area (Å²) in [6.07, 6.45) is 4.23. The van der Waals surface area contributed by atoms with Gasteiger partial charge in [0.15, 0.2) is 0 Å². The van der Waals surface area contributed by atoms with E-state index in [0.717, 1.165) is 6.34 Å². The Bertz CT molecular complexity index is 67.8. The zero-order chi connectivity index (χ0) is 5.54. The summed E-state index contributed by atoms with van der Waals surface area (Å²) in [6, 6.07) is 0. The van der Waals surface area contributed by atoms with E-state index in [2.05, 4.69) is 9.99 Å². The zero-order valence-electron chi connectivity index (χ0n) is 4.16. The highest BCUT2D eigenvalue weighted by molar-refractivity contribution is 5.50. The summed E-state index contributed by atoms with van der Waals surface area (Å²) in [4.78, 5) is 4.40. The molecule has 0 amide bonds. The lowest BCUT2D eigenvalue weighted by molar-refractivity contribution is 0.269. The molecule has 0 aliphatic carbocycles. The maximum absolute atomic E-state index is 4.82. The molecule has 3 heteroatoms. The Kier molecular flexibility index (Phi) is 4.30. The highest BCUT2D eigenvalue weighted by atomic mass is 16.6. The van der Waals surface area contributed by atoms with Crippen LogP contribution in [0.15, 0.2) is 17.5 Å². The Morgan fingerprint density at radius 2 is 2.43 bits per heavy atom. The fraction of sp³-hybridized carbons (Fsp3) is 0.250. The Hall–Kier alpha value is -0.990. The van der Waals surface area contributed by atoms with Gasteiger partial charge in [0.2, 0.25) is 0 Å². The van der Waals surface area contributed by atoms with E-state index in [1.165, 1.54) is 6.26 Å². The predicted molar refractivity (Wildman–Crippen MR) is 28.6 cm³/mol. The topological polar surface area (TPSA) is 47.6 Å². The molecular weight excluding hydrogens is 92.1 g/mol. The molecule has 0 radical (unpaired) electrons. The monoisotopic (exact) mass is 100 g/mol. The summed E-state index contributed by atoms with van der Waals surface area (Å²) in [5.41, 5.74) is 4.82. The molecular formula is C4H8N2O. The van der Waals surface area contributed by atoms with E-state index in [1.807, 2.05) is 6.92 Å². The number of allylic oxidation sites excluding steroid dienone is 1. The van der Waals surface area contributed by atoms with Crippen LogP contribution in [0.1, 0.15) is 6.92 Å². The van der Waals surface area contributed by atoms with Crippen LogP contribution in [-0.2, 0) is 4.84 Å². The van der Waals surface area contributed by atoms with Gasteiger partial charge in [0.05, 0.1) is 0 Å². The van der Waals surface area contributed by atoms with Gasteiger partial charge in [-0.15, -0.1) is 0 Å². The number of rotatable bonds is 2. The minimum atomic E-state index is 1.08. The third-order valence-electron chi connectivity index (χ3n) is 0.319. The summed E-state index contributed by atoms with van der Waals surface area (Å²) in [6.45, 7) is 1.83. The molecule has 0 bridgehead atoms. The fourth-order valence-corrected chi connectivity index (χ4v) is 0.131. The number of oxime groups is 1. The summed E-state index contributed by atoms with van der Waals surface area (Å²) < 4.78 is 0. The number of hydrogen-bond acceptors (Lipinski definition) is 2. The van der Waals surface area contributed by atoms with Gasteiger partial charge in [0, 0.05) is 0 Å². The van der Waals surface area contributed by atoms with Crippen LogP contribution in [0, 0.1) is 0 Å². The second kappa shape index (κ2) is 5.01. The van der Waals surface area contributed by atoms with E-state index in [4.69, 9.17) is 5.73 Å². The Morgan fingerprint density at radius 3 is 2.86 bits per heavy atom. The molecule has 0 atom stereocenters. The van der Waals surface area contributed by atoms with E-state index in [1.54, 1.807) is 6.08 Å². The molecule has 0 saturated carbocycles. The maximum atomic E-state index is 4.82. The minimum Gasteiger partial charge on any atom is -0.387 e. The molecule has 0 saturated heterocycles. The molecule has 0 aromatic heterocycles. The molecule has 3 nitrogen and oxygen atoms in total.